The second-order valence-corrected chi connectivity index (χ2v) is 8.20. The van der Waals surface area contributed by atoms with Crippen molar-refractivity contribution in [3.05, 3.63) is 33.7 Å². The van der Waals surface area contributed by atoms with Gasteiger partial charge in [0.2, 0.25) is 5.91 Å². The van der Waals surface area contributed by atoms with E-state index in [1.165, 1.54) is 41.3 Å². The van der Waals surface area contributed by atoms with Crippen molar-refractivity contribution in [2.24, 2.45) is 5.16 Å². The van der Waals surface area contributed by atoms with E-state index in [0.29, 0.717) is 5.57 Å². The molecule has 0 radical (unpaired) electrons. The van der Waals surface area contributed by atoms with E-state index in [-0.39, 0.29) is 23.3 Å². The van der Waals surface area contributed by atoms with Gasteiger partial charge in [-0.1, -0.05) is 11.2 Å². The maximum atomic E-state index is 12.5. The summed E-state index contributed by atoms with van der Waals surface area (Å²) in [5.41, 5.74) is 0.285. The molecule has 2 aliphatic heterocycles. The van der Waals surface area contributed by atoms with Crippen LogP contribution in [0.3, 0.4) is 0 Å². The lowest BCUT2D eigenvalue weighted by molar-refractivity contribution is -0.150. The van der Waals surface area contributed by atoms with Crippen molar-refractivity contribution in [1.29, 1.82) is 0 Å². The monoisotopic (exact) mass is 395 g/mol. The molecule has 3 rings (SSSR count). The molecule has 10 heteroatoms. The molecule has 2 aliphatic rings. The normalized spacial score (nSPS) is 25.1. The summed E-state index contributed by atoms with van der Waals surface area (Å²) >= 11 is 2.87. The number of nitrogens with one attached hydrogen (secondary N) is 1. The minimum Gasteiger partial charge on any atom is -0.477 e. The van der Waals surface area contributed by atoms with E-state index in [0.717, 1.165) is 4.88 Å². The zero-order chi connectivity index (χ0) is 18.8. The number of aliphatic carboxylic acids is 1. The van der Waals surface area contributed by atoms with Crippen LogP contribution in [0, 0.1) is 0 Å². The molecule has 1 unspecified atom stereocenters. The van der Waals surface area contributed by atoms with Crippen LogP contribution in [0.25, 0.3) is 0 Å². The minimum absolute atomic E-state index is 0.115. The number of nitrogens with zero attached hydrogens (tertiary/aromatic N) is 2. The lowest BCUT2D eigenvalue weighted by Gasteiger charge is -2.50. The van der Waals surface area contributed by atoms with Gasteiger partial charge in [-0.3, -0.25) is 14.5 Å². The van der Waals surface area contributed by atoms with Crippen molar-refractivity contribution in [2.45, 2.75) is 30.0 Å². The lowest BCUT2D eigenvalue weighted by Crippen LogP contribution is -2.71. The van der Waals surface area contributed by atoms with Gasteiger partial charge in [0, 0.05) is 15.7 Å². The number of β-lactam (4-membered cyclic amide) rings is 1. The summed E-state index contributed by atoms with van der Waals surface area (Å²) < 4.78 is 0. The molecule has 0 aromatic carbocycles. The number of hydrogen-bond donors (Lipinski definition) is 2. The summed E-state index contributed by atoms with van der Waals surface area (Å²) in [4.78, 5) is 43.1. The fourth-order valence-electron chi connectivity index (χ4n) is 2.89. The van der Waals surface area contributed by atoms with Crippen LogP contribution in [-0.2, 0) is 25.6 Å². The molecule has 2 N–H and O–H groups in total. The Morgan fingerprint density at radius 3 is 2.88 bits per heavy atom. The summed E-state index contributed by atoms with van der Waals surface area (Å²) in [6.45, 7) is 1.83. The fourth-order valence-corrected chi connectivity index (χ4v) is 5.00. The summed E-state index contributed by atoms with van der Waals surface area (Å²) in [6.07, 6.45) is 1.51. The van der Waals surface area contributed by atoms with E-state index in [1.807, 2.05) is 24.4 Å². The number of thiophene rings is 1. The molecule has 1 aromatic heterocycles. The first kappa shape index (κ1) is 18.5. The fraction of sp³-hybridized carbons (Fsp3) is 0.375. The van der Waals surface area contributed by atoms with Crippen LogP contribution >= 0.6 is 23.1 Å². The van der Waals surface area contributed by atoms with Gasteiger partial charge in [-0.2, -0.15) is 0 Å². The summed E-state index contributed by atoms with van der Waals surface area (Å²) in [6, 6.07) is 2.98. The number of carbonyl (C=O) groups is 3. The Morgan fingerprint density at radius 1 is 1.50 bits per heavy atom. The molecular formula is C16H17N3O5S2. The predicted octanol–water partition coefficient (Wildman–Crippen LogP) is 1.05. The van der Waals surface area contributed by atoms with Crippen molar-refractivity contribution >= 4 is 47.1 Å². The highest BCUT2D eigenvalue weighted by Gasteiger charge is 2.55. The zero-order valence-electron chi connectivity index (χ0n) is 14.0. The summed E-state index contributed by atoms with van der Waals surface area (Å²) in [7, 11) is 1.36. The molecule has 1 fully saturated rings. The van der Waals surface area contributed by atoms with Crippen LogP contribution in [0.15, 0.2) is 33.9 Å². The van der Waals surface area contributed by atoms with Crippen LogP contribution in [0.2, 0.25) is 0 Å². The molecule has 2 amide bonds. The predicted molar refractivity (Wildman–Crippen MR) is 97.8 cm³/mol. The molecule has 8 nitrogen and oxygen atoms in total. The number of hydrogen-bond acceptors (Lipinski definition) is 7. The molecule has 1 saturated heterocycles. The minimum atomic E-state index is -1.21. The van der Waals surface area contributed by atoms with Gasteiger partial charge in [0.05, 0.1) is 12.6 Å². The van der Waals surface area contributed by atoms with E-state index in [2.05, 4.69) is 15.3 Å². The summed E-state index contributed by atoms with van der Waals surface area (Å²) in [5.74, 6) is -1.91. The van der Waals surface area contributed by atoms with Crippen LogP contribution in [0.1, 0.15) is 11.8 Å². The van der Waals surface area contributed by atoms with Gasteiger partial charge in [-0.25, -0.2) is 4.79 Å². The van der Waals surface area contributed by atoms with E-state index in [4.69, 9.17) is 0 Å². The molecule has 1 aromatic rings. The van der Waals surface area contributed by atoms with Crippen LogP contribution in [0.4, 0.5) is 0 Å². The first-order valence-electron chi connectivity index (χ1n) is 7.78. The van der Waals surface area contributed by atoms with E-state index < -0.39 is 23.3 Å². The Balaban J connectivity index is 1.77. The van der Waals surface area contributed by atoms with Crippen molar-refractivity contribution < 1.29 is 24.3 Å². The average Bonchev–Trinajstić information content (AvgIpc) is 3.10. The number of thioether (sulfide) groups is 1. The topological polar surface area (TPSA) is 108 Å². The average molecular weight is 395 g/mol. The van der Waals surface area contributed by atoms with Gasteiger partial charge in [0.15, 0.2) is 0 Å². The van der Waals surface area contributed by atoms with Crippen molar-refractivity contribution in [3.63, 3.8) is 0 Å². The van der Waals surface area contributed by atoms with Crippen molar-refractivity contribution in [3.8, 4) is 0 Å². The number of fused-ring (bicyclic) bond motifs is 1. The second-order valence-electron chi connectivity index (χ2n) is 5.70. The number of carbonyl (C=O) groups excluding carboxylic acids is 2. The highest BCUT2D eigenvalue weighted by Crippen LogP contribution is 2.43. The lowest BCUT2D eigenvalue weighted by atomic mass is 10.0. The molecule has 138 valence electrons. The quantitative estimate of drug-likeness (QED) is 0.423. The van der Waals surface area contributed by atoms with Crippen molar-refractivity contribution in [1.82, 2.24) is 10.2 Å². The molecule has 3 atom stereocenters. The number of oxime groups is 1. The van der Waals surface area contributed by atoms with Crippen LogP contribution in [0.5, 0.6) is 0 Å². The van der Waals surface area contributed by atoms with Gasteiger partial charge >= 0.3 is 5.97 Å². The number of carboxylic acid groups (broad SMARTS) is 1. The number of amides is 2. The molecular weight excluding hydrogens is 378 g/mol. The molecule has 0 saturated carbocycles. The van der Waals surface area contributed by atoms with Gasteiger partial charge in [-0.15, -0.1) is 23.1 Å². The Kier molecular flexibility index (Phi) is 5.33. The maximum absolute atomic E-state index is 12.5. The summed E-state index contributed by atoms with van der Waals surface area (Å²) in [5, 5.41) is 17.1. The highest BCUT2D eigenvalue weighted by atomic mass is 32.2. The SMILES string of the molecule is CO/N=C/C1=C(C(=O)O)N2C(=O)C(NC(=O)Cc3cccs3)[C@H]2S[C@@H]1C. The van der Waals surface area contributed by atoms with Gasteiger partial charge in [0.25, 0.3) is 5.91 Å². The molecule has 0 bridgehead atoms. The smallest absolute Gasteiger partial charge is 0.353 e. The highest BCUT2D eigenvalue weighted by molar-refractivity contribution is 8.00. The molecule has 0 spiro atoms. The van der Waals surface area contributed by atoms with Crippen LogP contribution < -0.4 is 5.32 Å². The first-order chi connectivity index (χ1) is 12.4. The third-order valence-corrected chi connectivity index (χ3v) is 6.37. The molecule has 3 heterocycles. The van der Waals surface area contributed by atoms with E-state index in [9.17, 15) is 19.5 Å². The Labute approximate surface area is 157 Å². The van der Waals surface area contributed by atoms with E-state index >= 15 is 0 Å². The standard InChI is InChI=1S/C16H17N3O5S2/c1-8-10(7-17-24-2)13(16(22)23)19-14(21)12(15(19)26-8)18-11(20)6-9-4-3-5-25-9/h3-5,7-8,12,15H,6H2,1-2H3,(H,18,20)(H,22,23)/b17-7+/t8-,12?,15-/m1/s1. The first-order valence-corrected chi connectivity index (χ1v) is 9.60. The Morgan fingerprint density at radius 2 is 2.27 bits per heavy atom. The maximum Gasteiger partial charge on any atom is 0.353 e. The van der Waals surface area contributed by atoms with E-state index in [1.54, 1.807) is 0 Å². The molecule has 0 aliphatic carbocycles. The Hall–Kier alpha value is -2.33. The van der Waals surface area contributed by atoms with Gasteiger partial charge in [0.1, 0.15) is 24.2 Å². The second kappa shape index (κ2) is 7.50. The Bertz CT molecular complexity index is 790. The number of carboxylic acids is 1. The van der Waals surface area contributed by atoms with Crippen molar-refractivity contribution in [2.75, 3.05) is 7.11 Å². The number of rotatable bonds is 6. The van der Waals surface area contributed by atoms with Gasteiger partial charge < -0.3 is 15.3 Å². The largest absolute Gasteiger partial charge is 0.477 e. The van der Waals surface area contributed by atoms with Gasteiger partial charge in [-0.05, 0) is 18.4 Å². The molecule has 26 heavy (non-hydrogen) atoms. The third kappa shape index (κ3) is 3.34. The third-order valence-electron chi connectivity index (χ3n) is 4.07. The zero-order valence-corrected chi connectivity index (χ0v) is 15.7. The van der Waals surface area contributed by atoms with Crippen LogP contribution in [-0.4, -0.2) is 57.8 Å².